The Morgan fingerprint density at radius 1 is 1.30 bits per heavy atom. The van der Waals surface area contributed by atoms with E-state index in [0.717, 1.165) is 29.4 Å². The van der Waals surface area contributed by atoms with Crippen molar-refractivity contribution in [3.63, 3.8) is 0 Å². The molecule has 124 valence electrons. The van der Waals surface area contributed by atoms with E-state index in [0.29, 0.717) is 12.5 Å². The molecule has 2 aromatic rings. The molecule has 3 rings (SSSR count). The van der Waals surface area contributed by atoms with E-state index < -0.39 is 0 Å². The highest BCUT2D eigenvalue weighted by atomic mass is 32.2. The number of aryl methyl sites for hydroxylation is 1. The Labute approximate surface area is 142 Å². The second kappa shape index (κ2) is 7.86. The number of carbonyl (C=O) groups is 1. The fourth-order valence-corrected chi connectivity index (χ4v) is 4.16. The summed E-state index contributed by atoms with van der Waals surface area (Å²) >= 11 is 1.77. The first kappa shape index (κ1) is 16.4. The zero-order chi connectivity index (χ0) is 16.1. The van der Waals surface area contributed by atoms with E-state index in [9.17, 15) is 4.79 Å². The minimum absolute atomic E-state index is 0.184. The molecule has 1 aliphatic rings. The van der Waals surface area contributed by atoms with Crippen LogP contribution in [0, 0.1) is 0 Å². The number of imidazole rings is 1. The number of nitrogens with zero attached hydrogens (tertiary/aromatic N) is 2. The van der Waals surface area contributed by atoms with Gasteiger partial charge in [0.2, 0.25) is 5.91 Å². The van der Waals surface area contributed by atoms with E-state index >= 15 is 0 Å². The van der Waals surface area contributed by atoms with Gasteiger partial charge in [-0.25, -0.2) is 4.98 Å². The molecule has 0 radical (unpaired) electrons. The number of unbranched alkanes of at least 4 members (excludes halogenated alkanes) is 3. The molecule has 4 nitrogen and oxygen atoms in total. The maximum absolute atomic E-state index is 11.3. The number of nitrogens with one attached hydrogen (secondary N) is 1. The van der Waals surface area contributed by atoms with Gasteiger partial charge in [-0.1, -0.05) is 50.1 Å². The Morgan fingerprint density at radius 3 is 2.96 bits per heavy atom. The van der Waals surface area contributed by atoms with Crippen LogP contribution in [0.1, 0.15) is 45.4 Å². The maximum atomic E-state index is 11.3. The highest BCUT2D eigenvalue weighted by Crippen LogP contribution is 2.26. The highest BCUT2D eigenvalue weighted by Gasteiger charge is 2.21. The number of hydrogen-bond acceptors (Lipinski definition) is 3. The van der Waals surface area contributed by atoms with Crippen molar-refractivity contribution < 1.29 is 4.79 Å². The number of amides is 1. The lowest BCUT2D eigenvalue weighted by Gasteiger charge is -2.11. The molecule has 2 heterocycles. The molecule has 1 fully saturated rings. The Morgan fingerprint density at radius 2 is 2.17 bits per heavy atom. The number of carbonyl (C=O) groups excluding carboxylic acids is 1. The van der Waals surface area contributed by atoms with Crippen molar-refractivity contribution >= 4 is 28.7 Å². The van der Waals surface area contributed by atoms with Crippen LogP contribution in [0.15, 0.2) is 29.4 Å². The van der Waals surface area contributed by atoms with Gasteiger partial charge in [0.15, 0.2) is 5.16 Å². The topological polar surface area (TPSA) is 46.9 Å². The van der Waals surface area contributed by atoms with Crippen LogP contribution in [0.5, 0.6) is 0 Å². The van der Waals surface area contributed by atoms with Crippen LogP contribution >= 0.6 is 11.8 Å². The fraction of sp³-hybridized carbons (Fsp3) is 0.556. The zero-order valence-electron chi connectivity index (χ0n) is 13.8. The Kier molecular flexibility index (Phi) is 5.60. The number of thioether (sulfide) groups is 1. The van der Waals surface area contributed by atoms with E-state index in [4.69, 9.17) is 4.98 Å². The van der Waals surface area contributed by atoms with E-state index in [1.807, 2.05) is 6.07 Å². The van der Waals surface area contributed by atoms with Gasteiger partial charge >= 0.3 is 0 Å². The fourth-order valence-electron chi connectivity index (χ4n) is 3.05. The average molecular weight is 331 g/mol. The third kappa shape index (κ3) is 4.08. The van der Waals surface area contributed by atoms with Gasteiger partial charge in [0.1, 0.15) is 0 Å². The van der Waals surface area contributed by atoms with Crippen LogP contribution in [0.25, 0.3) is 11.0 Å². The second-order valence-corrected chi connectivity index (χ2v) is 7.20. The molecule has 1 amide bonds. The largest absolute Gasteiger partial charge is 0.353 e. The molecule has 1 N–H and O–H groups in total. The molecule has 0 saturated carbocycles. The smallest absolute Gasteiger partial charge is 0.220 e. The Bertz CT molecular complexity index is 667. The zero-order valence-corrected chi connectivity index (χ0v) is 14.6. The molecule has 5 heteroatoms. The number of hydrogen-bond donors (Lipinski definition) is 1. The Hall–Kier alpha value is -1.49. The quantitative estimate of drug-likeness (QED) is 0.588. The normalized spacial score (nSPS) is 17.8. The lowest BCUT2D eigenvalue weighted by Crippen LogP contribution is -2.27. The first-order valence-electron chi connectivity index (χ1n) is 8.65. The van der Waals surface area contributed by atoms with Crippen molar-refractivity contribution in [1.29, 1.82) is 0 Å². The highest BCUT2D eigenvalue weighted by molar-refractivity contribution is 7.99. The van der Waals surface area contributed by atoms with Crippen molar-refractivity contribution in [3.8, 4) is 0 Å². The predicted octanol–water partition coefficient (Wildman–Crippen LogP) is 3.99. The molecule has 1 aromatic heterocycles. The summed E-state index contributed by atoms with van der Waals surface area (Å²) < 4.78 is 2.35. The van der Waals surface area contributed by atoms with Gasteiger partial charge in [-0.3, -0.25) is 4.79 Å². The lowest BCUT2D eigenvalue weighted by molar-refractivity contribution is -0.119. The van der Waals surface area contributed by atoms with Gasteiger partial charge in [-0.15, -0.1) is 0 Å². The summed E-state index contributed by atoms with van der Waals surface area (Å²) in [5.74, 6) is 1.09. The molecule has 23 heavy (non-hydrogen) atoms. The molecule has 0 unspecified atom stereocenters. The number of fused-ring (bicyclic) bond motifs is 1. The van der Waals surface area contributed by atoms with Crippen LogP contribution in [0.2, 0.25) is 0 Å². The molecule has 1 aliphatic heterocycles. The summed E-state index contributed by atoms with van der Waals surface area (Å²) in [7, 11) is 0. The number of para-hydroxylation sites is 2. The molecular weight excluding hydrogens is 306 g/mol. The van der Waals surface area contributed by atoms with Gasteiger partial charge in [0.05, 0.1) is 11.0 Å². The number of benzene rings is 1. The molecule has 1 aromatic carbocycles. The standard InChI is InChI=1S/C18H25N3OS/c1-2-3-4-7-12-21-16-9-6-5-8-15(16)20-18(21)23-13-14-10-11-17(22)19-14/h5-6,8-9,14H,2-4,7,10-13H2,1H3,(H,19,22)/t14-/m1/s1. The number of aromatic nitrogens is 2. The predicted molar refractivity (Wildman–Crippen MR) is 95.8 cm³/mol. The lowest BCUT2D eigenvalue weighted by atomic mass is 10.2. The van der Waals surface area contributed by atoms with Crippen molar-refractivity contribution in [2.45, 2.75) is 63.2 Å². The summed E-state index contributed by atoms with van der Waals surface area (Å²) in [5, 5.41) is 4.13. The average Bonchev–Trinajstić information content (AvgIpc) is 3.13. The summed E-state index contributed by atoms with van der Waals surface area (Å²) in [6.07, 6.45) is 6.63. The van der Waals surface area contributed by atoms with E-state index in [2.05, 4.69) is 35.0 Å². The second-order valence-electron chi connectivity index (χ2n) is 6.21. The van der Waals surface area contributed by atoms with Crippen LogP contribution in [-0.4, -0.2) is 27.3 Å². The van der Waals surface area contributed by atoms with Gasteiger partial charge in [0.25, 0.3) is 0 Å². The van der Waals surface area contributed by atoms with E-state index in [1.54, 1.807) is 11.8 Å². The van der Waals surface area contributed by atoms with Crippen molar-refractivity contribution in [2.24, 2.45) is 0 Å². The third-order valence-electron chi connectivity index (χ3n) is 4.35. The third-order valence-corrected chi connectivity index (χ3v) is 5.49. The first-order valence-corrected chi connectivity index (χ1v) is 9.64. The summed E-state index contributed by atoms with van der Waals surface area (Å²) in [5.41, 5.74) is 2.29. The summed E-state index contributed by atoms with van der Waals surface area (Å²) in [6.45, 7) is 3.27. The molecule has 1 atom stereocenters. The van der Waals surface area contributed by atoms with Crippen LogP contribution < -0.4 is 5.32 Å². The first-order chi connectivity index (χ1) is 11.3. The summed E-state index contributed by atoms with van der Waals surface area (Å²) in [4.78, 5) is 16.1. The monoisotopic (exact) mass is 331 g/mol. The minimum atomic E-state index is 0.184. The van der Waals surface area contributed by atoms with E-state index in [1.165, 1.54) is 31.2 Å². The SMILES string of the molecule is CCCCCCn1c(SC[C@H]2CCC(=O)N2)nc2ccccc21. The molecular formula is C18H25N3OS. The van der Waals surface area contributed by atoms with Gasteiger partial charge < -0.3 is 9.88 Å². The van der Waals surface area contributed by atoms with Gasteiger partial charge in [-0.05, 0) is 25.0 Å². The molecule has 0 aliphatic carbocycles. The van der Waals surface area contributed by atoms with Crippen LogP contribution in [0.3, 0.4) is 0 Å². The van der Waals surface area contributed by atoms with Gasteiger partial charge in [0, 0.05) is 24.8 Å². The van der Waals surface area contributed by atoms with Gasteiger partial charge in [-0.2, -0.15) is 0 Å². The van der Waals surface area contributed by atoms with Crippen molar-refractivity contribution in [2.75, 3.05) is 5.75 Å². The number of rotatable bonds is 8. The summed E-state index contributed by atoms with van der Waals surface area (Å²) in [6, 6.07) is 8.66. The van der Waals surface area contributed by atoms with Crippen LogP contribution in [0.4, 0.5) is 0 Å². The minimum Gasteiger partial charge on any atom is -0.353 e. The van der Waals surface area contributed by atoms with Crippen LogP contribution in [-0.2, 0) is 11.3 Å². The van der Waals surface area contributed by atoms with Crippen molar-refractivity contribution in [3.05, 3.63) is 24.3 Å². The molecule has 0 bridgehead atoms. The van der Waals surface area contributed by atoms with Crippen molar-refractivity contribution in [1.82, 2.24) is 14.9 Å². The Balaban J connectivity index is 1.70. The molecule has 1 saturated heterocycles. The maximum Gasteiger partial charge on any atom is 0.220 e. The molecule has 0 spiro atoms. The van der Waals surface area contributed by atoms with E-state index in [-0.39, 0.29) is 5.91 Å².